The zero-order chi connectivity index (χ0) is 16.3. The number of nitrogens with zero attached hydrogens (tertiary/aromatic N) is 1. The molecule has 0 aromatic carbocycles. The van der Waals surface area contributed by atoms with Crippen molar-refractivity contribution >= 4 is 32.0 Å². The zero-order valence-corrected chi connectivity index (χ0v) is 12.1. The summed E-state index contributed by atoms with van der Waals surface area (Å²) in [6.45, 7) is -0.190. The number of nitrogen functional groups attached to an aromatic ring is 1. The van der Waals surface area contributed by atoms with E-state index < -0.39 is 33.2 Å². The number of hydrogen-bond acceptors (Lipinski definition) is 6. The minimum atomic E-state index is -4.28. The van der Waals surface area contributed by atoms with E-state index in [2.05, 4.69) is 4.72 Å². The SMILES string of the molecule is Nc1sc(S(=O)(=O)NCCCCC(F)(F)F)cc1[N+](=O)[O-]. The number of nitrogens with two attached hydrogens (primary N) is 1. The molecule has 1 aromatic rings. The van der Waals surface area contributed by atoms with Crippen molar-refractivity contribution in [2.75, 3.05) is 12.3 Å². The summed E-state index contributed by atoms with van der Waals surface area (Å²) in [5.74, 6) is 0. The highest BCUT2D eigenvalue weighted by molar-refractivity contribution is 7.91. The molecule has 0 amide bonds. The summed E-state index contributed by atoms with van der Waals surface area (Å²) >= 11 is 0.523. The van der Waals surface area contributed by atoms with Gasteiger partial charge in [0.2, 0.25) is 10.0 Å². The van der Waals surface area contributed by atoms with Gasteiger partial charge in [0, 0.05) is 19.0 Å². The van der Waals surface area contributed by atoms with E-state index in [0.29, 0.717) is 11.3 Å². The molecule has 0 saturated carbocycles. The van der Waals surface area contributed by atoms with Crippen molar-refractivity contribution in [1.82, 2.24) is 4.72 Å². The normalized spacial score (nSPS) is 12.5. The van der Waals surface area contributed by atoms with Gasteiger partial charge in [0.25, 0.3) is 0 Å². The summed E-state index contributed by atoms with van der Waals surface area (Å²) < 4.78 is 61.0. The van der Waals surface area contributed by atoms with Gasteiger partial charge in [-0.25, -0.2) is 13.1 Å². The van der Waals surface area contributed by atoms with Crippen molar-refractivity contribution in [3.63, 3.8) is 0 Å². The molecule has 0 aliphatic rings. The maximum atomic E-state index is 11.9. The van der Waals surface area contributed by atoms with E-state index in [1.54, 1.807) is 0 Å². The Bertz CT molecular complexity index is 612. The predicted octanol–water partition coefficient (Wildman–Crippen LogP) is 2.25. The van der Waals surface area contributed by atoms with Crippen LogP contribution < -0.4 is 10.5 Å². The molecular formula is C9H12F3N3O4S2. The maximum Gasteiger partial charge on any atom is 0.389 e. The molecule has 0 bridgehead atoms. The number of thiophene rings is 1. The molecule has 1 rings (SSSR count). The van der Waals surface area contributed by atoms with Crippen LogP contribution in [0, 0.1) is 10.1 Å². The summed E-state index contributed by atoms with van der Waals surface area (Å²) in [7, 11) is -4.01. The lowest BCUT2D eigenvalue weighted by Crippen LogP contribution is -2.24. The highest BCUT2D eigenvalue weighted by atomic mass is 32.2. The van der Waals surface area contributed by atoms with Crippen molar-refractivity contribution in [2.24, 2.45) is 0 Å². The third kappa shape index (κ3) is 5.47. The number of anilines is 1. The Morgan fingerprint density at radius 2 is 2.00 bits per heavy atom. The van der Waals surface area contributed by atoms with E-state index >= 15 is 0 Å². The molecule has 0 atom stereocenters. The lowest BCUT2D eigenvalue weighted by molar-refractivity contribution is -0.383. The highest BCUT2D eigenvalue weighted by Crippen LogP contribution is 2.34. The number of nitro groups is 1. The number of halogens is 3. The Morgan fingerprint density at radius 3 is 2.48 bits per heavy atom. The minimum absolute atomic E-state index is 0.00168. The van der Waals surface area contributed by atoms with Gasteiger partial charge in [-0.15, -0.1) is 0 Å². The number of hydrogen-bond donors (Lipinski definition) is 2. The zero-order valence-electron chi connectivity index (χ0n) is 10.5. The van der Waals surface area contributed by atoms with Gasteiger partial charge in [-0.2, -0.15) is 13.2 Å². The van der Waals surface area contributed by atoms with Crippen molar-refractivity contribution < 1.29 is 26.5 Å². The van der Waals surface area contributed by atoms with Crippen LogP contribution in [0.25, 0.3) is 0 Å². The van der Waals surface area contributed by atoms with Crippen LogP contribution in [-0.2, 0) is 10.0 Å². The summed E-state index contributed by atoms with van der Waals surface area (Å²) in [5.41, 5.74) is 4.81. The lowest BCUT2D eigenvalue weighted by Gasteiger charge is -2.06. The van der Waals surface area contributed by atoms with Crippen LogP contribution in [-0.4, -0.2) is 26.1 Å². The molecule has 12 heteroatoms. The summed E-state index contributed by atoms with van der Waals surface area (Å²) in [5, 5.41) is 10.3. The van der Waals surface area contributed by atoms with Gasteiger partial charge in [0.05, 0.1) is 4.92 Å². The average Bonchev–Trinajstić information content (AvgIpc) is 2.70. The van der Waals surface area contributed by atoms with Crippen LogP contribution >= 0.6 is 11.3 Å². The number of nitrogens with one attached hydrogen (secondary N) is 1. The number of unbranched alkanes of at least 4 members (excludes halogenated alkanes) is 1. The van der Waals surface area contributed by atoms with E-state index in [9.17, 15) is 31.7 Å². The molecule has 3 N–H and O–H groups in total. The Balaban J connectivity index is 2.58. The fourth-order valence-corrected chi connectivity index (χ4v) is 3.71. The molecule has 0 spiro atoms. The molecule has 21 heavy (non-hydrogen) atoms. The molecular weight excluding hydrogens is 335 g/mol. The average molecular weight is 347 g/mol. The first kappa shape index (κ1) is 17.7. The number of rotatable bonds is 7. The van der Waals surface area contributed by atoms with Gasteiger partial charge in [-0.05, 0) is 12.8 Å². The molecule has 1 heterocycles. The van der Waals surface area contributed by atoms with Gasteiger partial charge in [-0.1, -0.05) is 11.3 Å². The first-order chi connectivity index (χ1) is 9.53. The van der Waals surface area contributed by atoms with Crippen molar-refractivity contribution in [3.05, 3.63) is 16.2 Å². The van der Waals surface area contributed by atoms with E-state index in [4.69, 9.17) is 5.73 Å². The van der Waals surface area contributed by atoms with Crippen LogP contribution in [0.1, 0.15) is 19.3 Å². The van der Waals surface area contributed by atoms with Gasteiger partial charge in [0.15, 0.2) is 5.00 Å². The Labute approximate surface area is 122 Å². The second-order valence-electron chi connectivity index (χ2n) is 4.04. The van der Waals surface area contributed by atoms with Crippen LogP contribution in [0.4, 0.5) is 23.9 Å². The van der Waals surface area contributed by atoms with Gasteiger partial charge in [-0.3, -0.25) is 10.1 Å². The molecule has 0 saturated heterocycles. The number of sulfonamides is 1. The second kappa shape index (κ2) is 6.58. The molecule has 0 radical (unpaired) electrons. The molecule has 0 unspecified atom stereocenters. The Kier molecular flexibility index (Phi) is 5.53. The molecule has 7 nitrogen and oxygen atoms in total. The van der Waals surface area contributed by atoms with Crippen molar-refractivity contribution in [2.45, 2.75) is 29.6 Å². The smallest absolute Gasteiger partial charge is 0.385 e. The van der Waals surface area contributed by atoms with Crippen molar-refractivity contribution in [3.8, 4) is 0 Å². The summed E-state index contributed by atoms with van der Waals surface area (Å²) in [6, 6.07) is 0.818. The van der Waals surface area contributed by atoms with E-state index in [0.717, 1.165) is 6.07 Å². The standard InChI is InChI=1S/C9H12F3N3O4S2/c10-9(11,12)3-1-2-4-14-21(18,19)7-5-6(15(16)17)8(13)20-7/h5,14H,1-4,13H2. The summed E-state index contributed by atoms with van der Waals surface area (Å²) in [4.78, 5) is 9.75. The van der Waals surface area contributed by atoms with E-state index in [-0.39, 0.29) is 28.6 Å². The largest absolute Gasteiger partial charge is 0.389 e. The second-order valence-corrected chi connectivity index (χ2v) is 7.12. The lowest BCUT2D eigenvalue weighted by atomic mass is 10.2. The Morgan fingerprint density at radius 1 is 1.38 bits per heavy atom. The molecule has 0 fully saturated rings. The molecule has 0 aliphatic heterocycles. The quantitative estimate of drug-likeness (QED) is 0.446. The number of alkyl halides is 3. The first-order valence-electron chi connectivity index (χ1n) is 5.63. The minimum Gasteiger partial charge on any atom is -0.385 e. The van der Waals surface area contributed by atoms with E-state index in [1.807, 2.05) is 0 Å². The van der Waals surface area contributed by atoms with E-state index in [1.165, 1.54) is 0 Å². The molecule has 0 aliphatic carbocycles. The van der Waals surface area contributed by atoms with Crippen molar-refractivity contribution in [1.29, 1.82) is 0 Å². The first-order valence-corrected chi connectivity index (χ1v) is 7.93. The third-order valence-corrected chi connectivity index (χ3v) is 5.25. The van der Waals surface area contributed by atoms with Crippen LogP contribution in [0.15, 0.2) is 10.3 Å². The Hall–Kier alpha value is -1.40. The molecule has 120 valence electrons. The summed E-state index contributed by atoms with van der Waals surface area (Å²) in [6.07, 6.45) is -5.48. The monoisotopic (exact) mass is 347 g/mol. The fourth-order valence-electron chi connectivity index (χ4n) is 1.38. The van der Waals surface area contributed by atoms with Crippen LogP contribution in [0.3, 0.4) is 0 Å². The van der Waals surface area contributed by atoms with Gasteiger partial charge in [0.1, 0.15) is 4.21 Å². The fraction of sp³-hybridized carbons (Fsp3) is 0.556. The topological polar surface area (TPSA) is 115 Å². The highest BCUT2D eigenvalue weighted by Gasteiger charge is 2.27. The predicted molar refractivity (Wildman–Crippen MR) is 70.5 cm³/mol. The molecule has 1 aromatic heterocycles. The van der Waals surface area contributed by atoms with Gasteiger partial charge < -0.3 is 5.73 Å². The van der Waals surface area contributed by atoms with Crippen LogP contribution in [0.2, 0.25) is 0 Å². The maximum absolute atomic E-state index is 11.9. The third-order valence-electron chi connectivity index (χ3n) is 2.36. The van der Waals surface area contributed by atoms with Crippen LogP contribution in [0.5, 0.6) is 0 Å². The van der Waals surface area contributed by atoms with Gasteiger partial charge >= 0.3 is 11.9 Å².